The Morgan fingerprint density at radius 1 is 1.29 bits per heavy atom. The average molecular weight is 380 g/mol. The maximum Gasteiger partial charge on any atom is 0.165 e. The summed E-state index contributed by atoms with van der Waals surface area (Å²) in [5.41, 5.74) is 3.25. The van der Waals surface area contributed by atoms with Crippen LogP contribution in [0.4, 0.5) is 10.2 Å². The minimum atomic E-state index is -0.297. The van der Waals surface area contributed by atoms with Crippen LogP contribution in [0.3, 0.4) is 0 Å². The number of aromatic nitrogens is 5. The number of hydrogen-bond donors (Lipinski definition) is 2. The first-order valence-corrected chi connectivity index (χ1v) is 9.18. The number of H-pyrrole nitrogens is 1. The summed E-state index contributed by atoms with van der Waals surface area (Å²) < 4.78 is 21.3. The predicted molar refractivity (Wildman–Crippen MR) is 105 cm³/mol. The zero-order valence-corrected chi connectivity index (χ0v) is 15.7. The van der Waals surface area contributed by atoms with Gasteiger partial charge in [0.15, 0.2) is 5.65 Å². The van der Waals surface area contributed by atoms with Crippen LogP contribution in [0.1, 0.15) is 31.9 Å². The molecule has 2 N–H and O–H groups in total. The fraction of sp³-hybridized carbons (Fsp3) is 0.250. The van der Waals surface area contributed by atoms with Crippen LogP contribution >= 0.6 is 0 Å². The summed E-state index contributed by atoms with van der Waals surface area (Å²) in [6.07, 6.45) is 8.00. The van der Waals surface area contributed by atoms with Crippen LogP contribution in [0.5, 0.6) is 5.75 Å². The Hall–Kier alpha value is -3.42. The number of aromatic amines is 1. The Bertz CT molecular complexity index is 1080. The average Bonchev–Trinajstić information content (AvgIpc) is 3.36. The fourth-order valence-corrected chi connectivity index (χ4v) is 3.05. The van der Waals surface area contributed by atoms with Crippen molar-refractivity contribution < 1.29 is 9.13 Å². The van der Waals surface area contributed by atoms with Crippen LogP contribution in [0.15, 0.2) is 49.1 Å². The van der Waals surface area contributed by atoms with Gasteiger partial charge in [0, 0.05) is 29.1 Å². The van der Waals surface area contributed by atoms with Crippen molar-refractivity contribution in [2.24, 2.45) is 0 Å². The normalized spacial score (nSPS) is 12.2. The van der Waals surface area contributed by atoms with Gasteiger partial charge in [-0.1, -0.05) is 6.92 Å². The second-order valence-corrected chi connectivity index (χ2v) is 6.52. The lowest BCUT2D eigenvalue weighted by molar-refractivity contribution is 0.312. The van der Waals surface area contributed by atoms with E-state index in [1.807, 2.05) is 26.1 Å². The first-order chi connectivity index (χ1) is 13.7. The highest BCUT2D eigenvalue weighted by atomic mass is 19.1. The van der Waals surface area contributed by atoms with E-state index in [0.717, 1.165) is 23.1 Å². The topological polar surface area (TPSA) is 80.1 Å². The largest absolute Gasteiger partial charge is 0.493 e. The van der Waals surface area contributed by atoms with E-state index >= 15 is 0 Å². The molecule has 0 radical (unpaired) electrons. The van der Waals surface area contributed by atoms with E-state index in [4.69, 9.17) is 4.74 Å². The third-order valence-electron chi connectivity index (χ3n) is 4.44. The van der Waals surface area contributed by atoms with Gasteiger partial charge in [0.1, 0.15) is 17.4 Å². The highest BCUT2D eigenvalue weighted by Gasteiger charge is 2.15. The molecule has 0 amide bonds. The first kappa shape index (κ1) is 18.0. The Kier molecular flexibility index (Phi) is 4.92. The zero-order valence-electron chi connectivity index (χ0n) is 15.7. The molecule has 0 bridgehead atoms. The van der Waals surface area contributed by atoms with E-state index in [1.54, 1.807) is 29.2 Å². The quantitative estimate of drug-likeness (QED) is 0.502. The molecule has 1 aromatic carbocycles. The van der Waals surface area contributed by atoms with Crippen LogP contribution in [-0.4, -0.2) is 31.4 Å². The SMILES string of the molecule is CCCOc1ccc(F)cc1C(C)Nc1ccn2ncc(-c3cn[nH]c3)c2n1. The molecule has 4 rings (SSSR count). The molecule has 0 aliphatic heterocycles. The van der Waals surface area contributed by atoms with Gasteiger partial charge < -0.3 is 10.1 Å². The Morgan fingerprint density at radius 2 is 2.18 bits per heavy atom. The van der Waals surface area contributed by atoms with Gasteiger partial charge in [-0.2, -0.15) is 10.2 Å². The number of nitrogens with zero attached hydrogens (tertiary/aromatic N) is 4. The molecule has 0 spiro atoms. The van der Waals surface area contributed by atoms with Gasteiger partial charge in [-0.25, -0.2) is 13.9 Å². The maximum absolute atomic E-state index is 13.8. The van der Waals surface area contributed by atoms with Crippen molar-refractivity contribution in [2.75, 3.05) is 11.9 Å². The molecule has 3 aromatic heterocycles. The Labute approximate surface area is 161 Å². The molecule has 8 heteroatoms. The van der Waals surface area contributed by atoms with Gasteiger partial charge in [-0.15, -0.1) is 0 Å². The molecule has 144 valence electrons. The summed E-state index contributed by atoms with van der Waals surface area (Å²) in [6, 6.07) is 6.22. The highest BCUT2D eigenvalue weighted by molar-refractivity contribution is 5.76. The molecule has 0 saturated carbocycles. The zero-order chi connectivity index (χ0) is 19.5. The van der Waals surface area contributed by atoms with E-state index in [-0.39, 0.29) is 11.9 Å². The number of fused-ring (bicyclic) bond motifs is 1. The van der Waals surface area contributed by atoms with Crippen LogP contribution in [0, 0.1) is 5.82 Å². The summed E-state index contributed by atoms with van der Waals surface area (Å²) >= 11 is 0. The van der Waals surface area contributed by atoms with Crippen LogP contribution in [-0.2, 0) is 0 Å². The van der Waals surface area contributed by atoms with E-state index in [9.17, 15) is 4.39 Å². The van der Waals surface area contributed by atoms with Gasteiger partial charge >= 0.3 is 0 Å². The van der Waals surface area contributed by atoms with Gasteiger partial charge in [-0.3, -0.25) is 5.10 Å². The van der Waals surface area contributed by atoms with Gasteiger partial charge in [0.2, 0.25) is 0 Å². The molecule has 28 heavy (non-hydrogen) atoms. The third kappa shape index (κ3) is 3.53. The molecular formula is C20H21FN6O. The predicted octanol–water partition coefficient (Wildman–Crippen LogP) is 4.22. The molecule has 0 fully saturated rings. The molecular weight excluding hydrogens is 359 g/mol. The van der Waals surface area contributed by atoms with Crippen molar-refractivity contribution in [3.63, 3.8) is 0 Å². The van der Waals surface area contributed by atoms with E-state index < -0.39 is 0 Å². The molecule has 1 unspecified atom stereocenters. The van der Waals surface area contributed by atoms with Crippen molar-refractivity contribution in [1.29, 1.82) is 0 Å². The summed E-state index contributed by atoms with van der Waals surface area (Å²) in [4.78, 5) is 4.68. The second-order valence-electron chi connectivity index (χ2n) is 6.52. The number of anilines is 1. The lowest BCUT2D eigenvalue weighted by atomic mass is 10.1. The smallest absolute Gasteiger partial charge is 0.165 e. The minimum absolute atomic E-state index is 0.196. The maximum atomic E-state index is 13.8. The molecule has 3 heterocycles. The summed E-state index contributed by atoms with van der Waals surface area (Å²) in [7, 11) is 0. The number of rotatable bonds is 7. The molecule has 4 aromatic rings. The number of nitrogens with one attached hydrogen (secondary N) is 2. The number of halogens is 1. The monoisotopic (exact) mass is 380 g/mol. The van der Waals surface area contributed by atoms with Crippen molar-refractivity contribution >= 4 is 11.5 Å². The number of hydrogen-bond acceptors (Lipinski definition) is 5. The molecule has 0 aliphatic rings. The van der Waals surface area contributed by atoms with Crippen molar-refractivity contribution in [2.45, 2.75) is 26.3 Å². The Morgan fingerprint density at radius 3 is 2.96 bits per heavy atom. The van der Waals surface area contributed by atoms with Gasteiger partial charge in [-0.05, 0) is 37.6 Å². The van der Waals surface area contributed by atoms with Crippen LogP contribution < -0.4 is 10.1 Å². The second kappa shape index (κ2) is 7.67. The van der Waals surface area contributed by atoms with Crippen LogP contribution in [0.25, 0.3) is 16.8 Å². The summed E-state index contributed by atoms with van der Waals surface area (Å²) in [5.74, 6) is 1.04. The minimum Gasteiger partial charge on any atom is -0.493 e. The fourth-order valence-electron chi connectivity index (χ4n) is 3.05. The van der Waals surface area contributed by atoms with Gasteiger partial charge in [0.25, 0.3) is 0 Å². The number of benzene rings is 1. The van der Waals surface area contributed by atoms with E-state index in [1.165, 1.54) is 12.1 Å². The van der Waals surface area contributed by atoms with Gasteiger partial charge in [0.05, 0.1) is 25.0 Å². The Balaban J connectivity index is 1.63. The summed E-state index contributed by atoms with van der Waals surface area (Å²) in [6.45, 7) is 4.57. The molecule has 0 saturated heterocycles. The van der Waals surface area contributed by atoms with Crippen molar-refractivity contribution in [3.8, 4) is 16.9 Å². The lowest BCUT2D eigenvalue weighted by Gasteiger charge is -2.19. The first-order valence-electron chi connectivity index (χ1n) is 9.18. The van der Waals surface area contributed by atoms with Crippen molar-refractivity contribution in [1.82, 2.24) is 24.8 Å². The molecule has 7 nitrogen and oxygen atoms in total. The van der Waals surface area contributed by atoms with E-state index in [2.05, 4.69) is 25.6 Å². The lowest BCUT2D eigenvalue weighted by Crippen LogP contribution is -2.11. The van der Waals surface area contributed by atoms with E-state index in [0.29, 0.717) is 23.8 Å². The molecule has 1 atom stereocenters. The van der Waals surface area contributed by atoms with Crippen molar-refractivity contribution in [3.05, 3.63) is 60.4 Å². The molecule has 0 aliphatic carbocycles. The highest BCUT2D eigenvalue weighted by Crippen LogP contribution is 2.29. The van der Waals surface area contributed by atoms with Crippen LogP contribution in [0.2, 0.25) is 0 Å². The standard InChI is InChI=1S/C20H21FN6O/c1-3-8-28-18-5-4-15(21)9-16(18)13(2)25-19-6-7-27-20(26-19)17(12-24-27)14-10-22-23-11-14/h4-7,9-13H,3,8H2,1-2H3,(H,22,23)(H,25,26). The third-order valence-corrected chi connectivity index (χ3v) is 4.44. The summed E-state index contributed by atoms with van der Waals surface area (Å²) in [5, 5.41) is 14.4. The number of ether oxygens (including phenoxy) is 1.